The lowest BCUT2D eigenvalue weighted by Gasteiger charge is -2.16. The topological polar surface area (TPSA) is 54.4 Å². The second kappa shape index (κ2) is 8.02. The van der Waals surface area contributed by atoms with Crippen molar-refractivity contribution in [2.45, 2.75) is 12.8 Å². The number of rotatable bonds is 5. The number of carbonyl (C=O) groups excluding carboxylic acids is 1. The quantitative estimate of drug-likeness (QED) is 0.572. The van der Waals surface area contributed by atoms with E-state index in [-0.39, 0.29) is 5.91 Å². The number of nitrogens with zero attached hydrogens (tertiary/aromatic N) is 2. The fourth-order valence-corrected chi connectivity index (χ4v) is 2.62. The van der Waals surface area contributed by atoms with Crippen LogP contribution in [0.3, 0.4) is 0 Å². The Balaban J connectivity index is 1.85. The van der Waals surface area contributed by atoms with Crippen molar-refractivity contribution in [3.05, 3.63) is 102 Å². The van der Waals surface area contributed by atoms with Crippen molar-refractivity contribution in [3.8, 4) is 0 Å². The second-order valence-electron chi connectivity index (χ2n) is 5.64. The molecule has 1 N–H and O–H groups in total. The van der Waals surface area contributed by atoms with Crippen molar-refractivity contribution in [3.63, 3.8) is 0 Å². The SMILES string of the molecule is CC(=NNC(=O)C(c1ccccc1)c1ccccc1)c1ccccn1. The second-order valence-corrected chi connectivity index (χ2v) is 5.64. The molecule has 0 radical (unpaired) electrons. The van der Waals surface area contributed by atoms with E-state index in [9.17, 15) is 4.79 Å². The molecule has 25 heavy (non-hydrogen) atoms. The molecule has 4 nitrogen and oxygen atoms in total. The third kappa shape index (κ3) is 4.18. The van der Waals surface area contributed by atoms with E-state index in [1.54, 1.807) is 6.20 Å². The van der Waals surface area contributed by atoms with Crippen LogP contribution in [0.5, 0.6) is 0 Å². The van der Waals surface area contributed by atoms with Crippen molar-refractivity contribution in [2.75, 3.05) is 0 Å². The first kappa shape index (κ1) is 16.6. The molecule has 0 fully saturated rings. The van der Waals surface area contributed by atoms with Gasteiger partial charge in [-0.15, -0.1) is 0 Å². The predicted octanol–water partition coefficient (Wildman–Crippen LogP) is 3.75. The van der Waals surface area contributed by atoms with Gasteiger partial charge in [-0.25, -0.2) is 5.43 Å². The van der Waals surface area contributed by atoms with Gasteiger partial charge in [-0.2, -0.15) is 5.10 Å². The smallest absolute Gasteiger partial charge is 0.252 e. The van der Waals surface area contributed by atoms with Gasteiger partial charge in [0.2, 0.25) is 0 Å². The monoisotopic (exact) mass is 329 g/mol. The van der Waals surface area contributed by atoms with E-state index < -0.39 is 5.92 Å². The zero-order valence-corrected chi connectivity index (χ0v) is 14.0. The van der Waals surface area contributed by atoms with E-state index in [4.69, 9.17) is 0 Å². The maximum atomic E-state index is 12.8. The highest BCUT2D eigenvalue weighted by Gasteiger charge is 2.22. The van der Waals surface area contributed by atoms with Crippen molar-refractivity contribution in [1.82, 2.24) is 10.4 Å². The van der Waals surface area contributed by atoms with Crippen LogP contribution in [-0.4, -0.2) is 16.6 Å². The normalized spacial score (nSPS) is 11.4. The Kier molecular flexibility index (Phi) is 5.32. The maximum absolute atomic E-state index is 12.8. The molecule has 0 atom stereocenters. The minimum absolute atomic E-state index is 0.173. The number of hydrogen-bond acceptors (Lipinski definition) is 3. The van der Waals surface area contributed by atoms with Crippen molar-refractivity contribution in [1.29, 1.82) is 0 Å². The highest BCUT2D eigenvalue weighted by molar-refractivity contribution is 5.98. The van der Waals surface area contributed by atoms with Crippen LogP contribution in [-0.2, 0) is 4.79 Å². The molecule has 2 aromatic carbocycles. The average molecular weight is 329 g/mol. The summed E-state index contributed by atoms with van der Waals surface area (Å²) in [7, 11) is 0. The highest BCUT2D eigenvalue weighted by atomic mass is 16.2. The number of amides is 1. The summed E-state index contributed by atoms with van der Waals surface area (Å²) in [5.74, 6) is -0.588. The lowest BCUT2D eigenvalue weighted by Crippen LogP contribution is -2.27. The molecule has 0 unspecified atom stereocenters. The van der Waals surface area contributed by atoms with Crippen LogP contribution in [0.4, 0.5) is 0 Å². The van der Waals surface area contributed by atoms with Gasteiger partial charge < -0.3 is 0 Å². The van der Waals surface area contributed by atoms with Gasteiger partial charge in [0.15, 0.2) is 0 Å². The van der Waals surface area contributed by atoms with E-state index in [2.05, 4.69) is 15.5 Å². The number of aromatic nitrogens is 1. The van der Waals surface area contributed by atoms with Gasteiger partial charge in [-0.3, -0.25) is 9.78 Å². The summed E-state index contributed by atoms with van der Waals surface area (Å²) in [6, 6.07) is 25.0. The Morgan fingerprint density at radius 2 is 1.44 bits per heavy atom. The summed E-state index contributed by atoms with van der Waals surface area (Å²) in [4.78, 5) is 17.1. The first-order valence-electron chi connectivity index (χ1n) is 8.11. The highest BCUT2D eigenvalue weighted by Crippen LogP contribution is 2.24. The van der Waals surface area contributed by atoms with Crippen LogP contribution in [0.2, 0.25) is 0 Å². The van der Waals surface area contributed by atoms with Crippen LogP contribution in [0, 0.1) is 0 Å². The van der Waals surface area contributed by atoms with Gasteiger partial charge in [0.25, 0.3) is 5.91 Å². The number of hydrogen-bond donors (Lipinski definition) is 1. The van der Waals surface area contributed by atoms with Gasteiger partial charge in [0, 0.05) is 6.20 Å². The fraction of sp³-hybridized carbons (Fsp3) is 0.0952. The Morgan fingerprint density at radius 1 is 0.880 bits per heavy atom. The van der Waals surface area contributed by atoms with E-state index in [1.807, 2.05) is 85.8 Å². The Hall–Kier alpha value is -3.27. The lowest BCUT2D eigenvalue weighted by atomic mass is 9.91. The summed E-state index contributed by atoms with van der Waals surface area (Å²) >= 11 is 0. The minimum atomic E-state index is -0.414. The predicted molar refractivity (Wildman–Crippen MR) is 99.3 cm³/mol. The number of pyridine rings is 1. The molecule has 0 spiro atoms. The summed E-state index contributed by atoms with van der Waals surface area (Å²) in [5, 5.41) is 4.22. The number of carbonyl (C=O) groups is 1. The first-order valence-corrected chi connectivity index (χ1v) is 8.11. The van der Waals surface area contributed by atoms with Crippen LogP contribution < -0.4 is 5.43 Å². The zero-order chi connectivity index (χ0) is 17.5. The molecule has 3 rings (SSSR count). The zero-order valence-electron chi connectivity index (χ0n) is 14.0. The van der Waals surface area contributed by atoms with Gasteiger partial charge in [0.1, 0.15) is 0 Å². The van der Waals surface area contributed by atoms with Crippen LogP contribution in [0.15, 0.2) is 90.2 Å². The van der Waals surface area contributed by atoms with Crippen LogP contribution in [0.1, 0.15) is 29.7 Å². The molecule has 0 aliphatic carbocycles. The van der Waals surface area contributed by atoms with Crippen molar-refractivity contribution < 1.29 is 4.79 Å². The number of nitrogens with one attached hydrogen (secondary N) is 1. The van der Waals surface area contributed by atoms with E-state index >= 15 is 0 Å². The third-order valence-corrected chi connectivity index (χ3v) is 3.90. The Morgan fingerprint density at radius 3 is 1.96 bits per heavy atom. The van der Waals surface area contributed by atoms with Crippen molar-refractivity contribution in [2.24, 2.45) is 5.10 Å². The van der Waals surface area contributed by atoms with Gasteiger partial charge in [-0.1, -0.05) is 66.7 Å². The summed E-state index contributed by atoms with van der Waals surface area (Å²) in [6.07, 6.45) is 1.70. The molecule has 0 saturated carbocycles. The van der Waals surface area contributed by atoms with E-state index in [1.165, 1.54) is 0 Å². The molecule has 124 valence electrons. The van der Waals surface area contributed by atoms with Crippen molar-refractivity contribution >= 4 is 11.6 Å². The summed E-state index contributed by atoms with van der Waals surface area (Å²) < 4.78 is 0. The van der Waals surface area contributed by atoms with Gasteiger partial charge in [-0.05, 0) is 30.2 Å². The Labute approximate surface area is 147 Å². The van der Waals surface area contributed by atoms with Crippen LogP contribution in [0.25, 0.3) is 0 Å². The molecular formula is C21H19N3O. The molecule has 0 bridgehead atoms. The molecule has 1 amide bonds. The third-order valence-electron chi connectivity index (χ3n) is 3.90. The maximum Gasteiger partial charge on any atom is 0.252 e. The van der Waals surface area contributed by atoms with Crippen LogP contribution >= 0.6 is 0 Å². The summed E-state index contributed by atoms with van der Waals surface area (Å²) in [6.45, 7) is 1.82. The fourth-order valence-electron chi connectivity index (χ4n) is 2.62. The van der Waals surface area contributed by atoms with Gasteiger partial charge in [0.05, 0.1) is 17.3 Å². The molecule has 1 heterocycles. The molecule has 0 aliphatic rings. The first-order chi connectivity index (χ1) is 12.3. The molecule has 4 heteroatoms. The Bertz CT molecular complexity index is 807. The largest absolute Gasteiger partial charge is 0.272 e. The molecule has 0 saturated heterocycles. The average Bonchev–Trinajstić information content (AvgIpc) is 2.69. The minimum Gasteiger partial charge on any atom is -0.272 e. The summed E-state index contributed by atoms with van der Waals surface area (Å²) in [5.41, 5.74) is 5.94. The lowest BCUT2D eigenvalue weighted by molar-refractivity contribution is -0.121. The molecule has 3 aromatic rings. The van der Waals surface area contributed by atoms with E-state index in [0.717, 1.165) is 16.8 Å². The molecule has 1 aromatic heterocycles. The molecular weight excluding hydrogens is 310 g/mol. The number of hydrazone groups is 1. The molecule has 0 aliphatic heterocycles. The number of benzene rings is 2. The standard InChI is InChI=1S/C21H19N3O/c1-16(19-14-8-9-15-22-19)23-24-21(25)20(17-10-4-2-5-11-17)18-12-6-3-7-13-18/h2-15,20H,1H3,(H,24,25). The van der Waals surface area contributed by atoms with Gasteiger partial charge >= 0.3 is 0 Å². The van der Waals surface area contributed by atoms with E-state index in [0.29, 0.717) is 5.71 Å².